The Morgan fingerprint density at radius 2 is 1.60 bits per heavy atom. The van der Waals surface area contributed by atoms with Crippen LogP contribution >= 0.6 is 0 Å². The van der Waals surface area contributed by atoms with E-state index in [4.69, 9.17) is 15.3 Å². The Labute approximate surface area is 117 Å². The number of benzene rings is 2. The van der Waals surface area contributed by atoms with Crippen LogP contribution < -0.4 is 4.74 Å². The Hall–Kier alpha value is -2.82. The Kier molecular flexibility index (Phi) is 4.00. The minimum atomic E-state index is -0.698. The predicted molar refractivity (Wildman–Crippen MR) is 73.0 cm³/mol. The summed E-state index contributed by atoms with van der Waals surface area (Å²) < 4.78 is 5.69. The summed E-state index contributed by atoms with van der Waals surface area (Å²) in [4.78, 5) is 0. The first-order valence-electron chi connectivity index (χ1n) is 6.04. The minimum Gasteiger partial charge on any atom is -0.457 e. The molecule has 1 N–H and O–H groups in total. The molecule has 0 spiro atoms. The number of aliphatic hydroxyl groups is 1. The number of aliphatic hydroxyl groups excluding tert-OH is 1. The summed E-state index contributed by atoms with van der Waals surface area (Å²) in [6.45, 7) is 1.63. The van der Waals surface area contributed by atoms with Crippen LogP contribution in [0.15, 0.2) is 42.5 Å². The molecule has 0 aliphatic rings. The molecule has 4 heteroatoms. The molecule has 98 valence electrons. The van der Waals surface area contributed by atoms with Gasteiger partial charge in [-0.1, -0.05) is 6.07 Å². The monoisotopic (exact) mass is 264 g/mol. The third-order valence-corrected chi connectivity index (χ3v) is 2.80. The average molecular weight is 264 g/mol. The molecular formula is C16H12N2O2. The van der Waals surface area contributed by atoms with E-state index in [0.29, 0.717) is 28.2 Å². The summed E-state index contributed by atoms with van der Waals surface area (Å²) in [5.74, 6) is 0.977. The highest BCUT2D eigenvalue weighted by atomic mass is 16.5. The van der Waals surface area contributed by atoms with Crippen LogP contribution in [0.3, 0.4) is 0 Å². The molecule has 2 aromatic carbocycles. The highest BCUT2D eigenvalue weighted by molar-refractivity contribution is 5.46. The lowest BCUT2D eigenvalue weighted by molar-refractivity contribution is 0.195. The van der Waals surface area contributed by atoms with Crippen molar-refractivity contribution < 1.29 is 9.84 Å². The van der Waals surface area contributed by atoms with Crippen molar-refractivity contribution in [2.75, 3.05) is 0 Å². The Balaban J connectivity index is 2.36. The number of hydrogen-bond acceptors (Lipinski definition) is 4. The first kappa shape index (κ1) is 13.6. The van der Waals surface area contributed by atoms with Crippen molar-refractivity contribution in [3.63, 3.8) is 0 Å². The van der Waals surface area contributed by atoms with Crippen molar-refractivity contribution in [2.24, 2.45) is 0 Å². The predicted octanol–water partition coefficient (Wildman–Crippen LogP) is 3.28. The average Bonchev–Trinajstić information content (AvgIpc) is 2.47. The minimum absolute atomic E-state index is 0.434. The molecule has 0 bridgehead atoms. The van der Waals surface area contributed by atoms with Gasteiger partial charge in [0.15, 0.2) is 0 Å². The molecule has 0 heterocycles. The van der Waals surface area contributed by atoms with Crippen LogP contribution in [0.4, 0.5) is 0 Å². The third-order valence-electron chi connectivity index (χ3n) is 2.80. The van der Waals surface area contributed by atoms with Gasteiger partial charge >= 0.3 is 0 Å². The van der Waals surface area contributed by atoms with Gasteiger partial charge in [0, 0.05) is 5.56 Å². The van der Waals surface area contributed by atoms with Crippen molar-refractivity contribution in [1.29, 1.82) is 10.5 Å². The van der Waals surface area contributed by atoms with Crippen LogP contribution in [0.1, 0.15) is 29.7 Å². The zero-order chi connectivity index (χ0) is 14.5. The molecule has 0 amide bonds. The van der Waals surface area contributed by atoms with E-state index in [1.165, 1.54) is 0 Å². The van der Waals surface area contributed by atoms with Crippen LogP contribution in [0, 0.1) is 22.7 Å². The van der Waals surface area contributed by atoms with Gasteiger partial charge in [-0.25, -0.2) is 0 Å². The van der Waals surface area contributed by atoms with Crippen molar-refractivity contribution >= 4 is 0 Å². The largest absolute Gasteiger partial charge is 0.457 e. The molecule has 0 aliphatic carbocycles. The second-order valence-corrected chi connectivity index (χ2v) is 4.28. The topological polar surface area (TPSA) is 77.0 Å². The number of nitrogens with zero attached hydrogens (tertiary/aromatic N) is 2. The Bertz CT molecular complexity index is 692. The highest BCUT2D eigenvalue weighted by Gasteiger charge is 2.11. The van der Waals surface area contributed by atoms with Crippen molar-refractivity contribution in [2.45, 2.75) is 13.0 Å². The number of nitriles is 2. The summed E-state index contributed by atoms with van der Waals surface area (Å²) in [6.07, 6.45) is -0.698. The van der Waals surface area contributed by atoms with E-state index < -0.39 is 6.10 Å². The fourth-order valence-corrected chi connectivity index (χ4v) is 1.76. The molecule has 2 rings (SSSR count). The maximum Gasteiger partial charge on any atom is 0.134 e. The lowest BCUT2D eigenvalue weighted by Crippen LogP contribution is -1.97. The molecular weight excluding hydrogens is 252 g/mol. The molecule has 0 saturated heterocycles. The quantitative estimate of drug-likeness (QED) is 0.922. The summed E-state index contributed by atoms with van der Waals surface area (Å²) >= 11 is 0. The molecule has 20 heavy (non-hydrogen) atoms. The summed E-state index contributed by atoms with van der Waals surface area (Å²) in [5, 5.41) is 27.4. The van der Waals surface area contributed by atoms with Gasteiger partial charge in [0.05, 0.1) is 29.4 Å². The summed E-state index contributed by atoms with van der Waals surface area (Å²) in [6, 6.07) is 15.6. The molecule has 0 unspecified atom stereocenters. The van der Waals surface area contributed by atoms with Gasteiger partial charge in [0.2, 0.25) is 0 Å². The van der Waals surface area contributed by atoms with Gasteiger partial charge in [-0.15, -0.1) is 0 Å². The normalized spacial score (nSPS) is 11.2. The zero-order valence-electron chi connectivity index (χ0n) is 10.9. The molecule has 0 radical (unpaired) electrons. The lowest BCUT2D eigenvalue weighted by atomic mass is 10.1. The molecule has 1 atom stereocenters. The van der Waals surface area contributed by atoms with E-state index in [2.05, 4.69) is 0 Å². The Morgan fingerprint density at radius 3 is 2.15 bits per heavy atom. The van der Waals surface area contributed by atoms with E-state index in [9.17, 15) is 5.11 Å². The summed E-state index contributed by atoms with van der Waals surface area (Å²) in [7, 11) is 0. The van der Waals surface area contributed by atoms with Crippen LogP contribution in [0.25, 0.3) is 0 Å². The third kappa shape index (κ3) is 2.95. The maximum atomic E-state index is 9.72. The van der Waals surface area contributed by atoms with E-state index in [0.717, 1.165) is 0 Å². The molecule has 0 aromatic heterocycles. The SMILES string of the molecule is C[C@H](O)c1ccc(C#N)cc1Oc1ccc(C#N)cc1. The smallest absolute Gasteiger partial charge is 0.134 e. The molecule has 0 saturated carbocycles. The van der Waals surface area contributed by atoms with Gasteiger partial charge in [-0.05, 0) is 43.3 Å². The molecule has 4 nitrogen and oxygen atoms in total. The molecule has 0 aliphatic heterocycles. The Morgan fingerprint density at radius 1 is 1.00 bits per heavy atom. The summed E-state index contributed by atoms with van der Waals surface area (Å²) in [5.41, 5.74) is 1.60. The second-order valence-electron chi connectivity index (χ2n) is 4.28. The standard InChI is InChI=1S/C16H12N2O2/c1-11(19)15-7-4-13(10-18)8-16(15)20-14-5-2-12(9-17)3-6-14/h2-8,11,19H,1H3/t11-/m0/s1. The van der Waals surface area contributed by atoms with Gasteiger partial charge in [-0.2, -0.15) is 10.5 Å². The molecule has 2 aromatic rings. The fourth-order valence-electron chi connectivity index (χ4n) is 1.76. The first-order chi connectivity index (χ1) is 9.63. The highest BCUT2D eigenvalue weighted by Crippen LogP contribution is 2.30. The zero-order valence-corrected chi connectivity index (χ0v) is 10.9. The van der Waals surface area contributed by atoms with Crippen molar-refractivity contribution in [3.8, 4) is 23.6 Å². The van der Waals surface area contributed by atoms with Crippen LogP contribution in [-0.4, -0.2) is 5.11 Å². The van der Waals surface area contributed by atoms with E-state index >= 15 is 0 Å². The van der Waals surface area contributed by atoms with Crippen molar-refractivity contribution in [1.82, 2.24) is 0 Å². The van der Waals surface area contributed by atoms with Crippen LogP contribution in [0.5, 0.6) is 11.5 Å². The van der Waals surface area contributed by atoms with E-state index in [1.54, 1.807) is 49.4 Å². The van der Waals surface area contributed by atoms with Gasteiger partial charge in [0.1, 0.15) is 11.5 Å². The van der Waals surface area contributed by atoms with Gasteiger partial charge in [-0.3, -0.25) is 0 Å². The first-order valence-corrected chi connectivity index (χ1v) is 6.04. The second kappa shape index (κ2) is 5.88. The number of ether oxygens (including phenoxy) is 1. The lowest BCUT2D eigenvalue weighted by Gasteiger charge is -2.13. The van der Waals surface area contributed by atoms with Gasteiger partial charge in [0.25, 0.3) is 0 Å². The fraction of sp³-hybridized carbons (Fsp3) is 0.125. The van der Waals surface area contributed by atoms with Crippen molar-refractivity contribution in [3.05, 3.63) is 59.2 Å². The van der Waals surface area contributed by atoms with Gasteiger partial charge < -0.3 is 9.84 Å². The van der Waals surface area contributed by atoms with E-state index in [-0.39, 0.29) is 0 Å². The van der Waals surface area contributed by atoms with Crippen LogP contribution in [0.2, 0.25) is 0 Å². The molecule has 0 fully saturated rings. The van der Waals surface area contributed by atoms with E-state index in [1.807, 2.05) is 12.1 Å². The number of hydrogen-bond donors (Lipinski definition) is 1. The maximum absolute atomic E-state index is 9.72. The number of rotatable bonds is 3. The van der Waals surface area contributed by atoms with Crippen LogP contribution in [-0.2, 0) is 0 Å².